The van der Waals surface area contributed by atoms with Crippen molar-refractivity contribution in [1.29, 1.82) is 0 Å². The molecule has 0 bridgehead atoms. The number of hydrogen-bond donors (Lipinski definition) is 0. The summed E-state index contributed by atoms with van der Waals surface area (Å²) in [6, 6.07) is 7.86. The van der Waals surface area contributed by atoms with Crippen molar-refractivity contribution in [3.63, 3.8) is 0 Å². The molecule has 0 aliphatic carbocycles. The third-order valence-corrected chi connectivity index (χ3v) is 2.69. The monoisotopic (exact) mass is 295 g/mol. The molecule has 17 heavy (non-hydrogen) atoms. The Morgan fingerprint density at radius 3 is 2.76 bits per heavy atom. The second-order valence-electron chi connectivity index (χ2n) is 3.38. The Bertz CT molecular complexity index is 522. The summed E-state index contributed by atoms with van der Waals surface area (Å²) in [7, 11) is 1.30. The molecule has 0 saturated heterocycles. The van der Waals surface area contributed by atoms with E-state index in [0.29, 0.717) is 6.54 Å². The van der Waals surface area contributed by atoms with Gasteiger partial charge in [-0.15, -0.1) is 5.10 Å². The van der Waals surface area contributed by atoms with Crippen molar-refractivity contribution >= 4 is 21.9 Å². The van der Waals surface area contributed by atoms with Crippen LogP contribution in [0, 0.1) is 0 Å². The van der Waals surface area contributed by atoms with Crippen LogP contribution in [0.5, 0.6) is 0 Å². The molecule has 1 aromatic carbocycles. The van der Waals surface area contributed by atoms with Crippen LogP contribution in [0.4, 0.5) is 0 Å². The number of hydrogen-bond acceptors (Lipinski definition) is 4. The van der Waals surface area contributed by atoms with Gasteiger partial charge in [0.15, 0.2) is 0 Å². The number of aromatic nitrogens is 3. The van der Waals surface area contributed by atoms with Gasteiger partial charge in [-0.2, -0.15) is 0 Å². The lowest BCUT2D eigenvalue weighted by Gasteiger charge is -2.00. The third kappa shape index (κ3) is 2.91. The fraction of sp³-hybridized carbons (Fsp3) is 0.182. The Morgan fingerprint density at radius 1 is 1.41 bits per heavy atom. The average molecular weight is 296 g/mol. The lowest BCUT2D eigenvalue weighted by molar-refractivity contribution is 0.0586. The van der Waals surface area contributed by atoms with E-state index in [0.717, 1.165) is 10.0 Å². The predicted octanol–water partition coefficient (Wildman–Crippen LogP) is 1.88. The first-order valence-electron chi connectivity index (χ1n) is 4.91. The van der Waals surface area contributed by atoms with Gasteiger partial charge in [-0.3, -0.25) is 0 Å². The van der Waals surface area contributed by atoms with Crippen LogP contribution in [0.15, 0.2) is 35.1 Å². The molecule has 1 heterocycles. The second kappa shape index (κ2) is 5.09. The van der Waals surface area contributed by atoms with E-state index in [9.17, 15) is 4.79 Å². The molecule has 0 amide bonds. The summed E-state index contributed by atoms with van der Waals surface area (Å²) in [5, 5.41) is 4.02. The summed E-state index contributed by atoms with van der Waals surface area (Å²) < 4.78 is 7.15. The van der Waals surface area contributed by atoms with Gasteiger partial charge in [-0.1, -0.05) is 28.1 Å². The van der Waals surface area contributed by atoms with E-state index in [2.05, 4.69) is 30.7 Å². The van der Waals surface area contributed by atoms with Gasteiger partial charge in [0.1, 0.15) is 6.33 Å². The van der Waals surface area contributed by atoms with Gasteiger partial charge in [0.25, 0.3) is 5.82 Å². The Morgan fingerprint density at radius 2 is 2.12 bits per heavy atom. The van der Waals surface area contributed by atoms with Gasteiger partial charge in [0.05, 0.1) is 13.7 Å². The molecule has 6 heteroatoms. The van der Waals surface area contributed by atoms with Crippen LogP contribution in [0.25, 0.3) is 0 Å². The SMILES string of the molecule is COC(=O)c1ncn(Cc2ccc(Br)cc2)n1. The largest absolute Gasteiger partial charge is 0.463 e. The molecular formula is C11H10BrN3O2. The molecule has 2 rings (SSSR count). The van der Waals surface area contributed by atoms with Crippen LogP contribution in [0.2, 0.25) is 0 Å². The number of methoxy groups -OCH3 is 1. The van der Waals surface area contributed by atoms with Crippen LogP contribution in [-0.2, 0) is 11.3 Å². The van der Waals surface area contributed by atoms with Crippen molar-refractivity contribution in [2.24, 2.45) is 0 Å². The Balaban J connectivity index is 2.11. The molecule has 88 valence electrons. The summed E-state index contributed by atoms with van der Waals surface area (Å²) in [6.45, 7) is 0.567. The normalized spacial score (nSPS) is 10.2. The maximum Gasteiger partial charge on any atom is 0.377 e. The lowest BCUT2D eigenvalue weighted by Crippen LogP contribution is -2.06. The number of rotatable bonds is 3. The maximum atomic E-state index is 11.2. The molecule has 5 nitrogen and oxygen atoms in total. The van der Waals surface area contributed by atoms with Gasteiger partial charge in [0, 0.05) is 4.47 Å². The van der Waals surface area contributed by atoms with E-state index in [1.807, 2.05) is 24.3 Å². The van der Waals surface area contributed by atoms with E-state index >= 15 is 0 Å². The summed E-state index contributed by atoms with van der Waals surface area (Å²) in [4.78, 5) is 15.0. The minimum absolute atomic E-state index is 0.0737. The summed E-state index contributed by atoms with van der Waals surface area (Å²) in [6.07, 6.45) is 1.51. The molecule has 0 aliphatic heterocycles. The van der Waals surface area contributed by atoms with Crippen LogP contribution >= 0.6 is 15.9 Å². The fourth-order valence-electron chi connectivity index (χ4n) is 1.33. The zero-order chi connectivity index (χ0) is 12.3. The summed E-state index contributed by atoms with van der Waals surface area (Å²) >= 11 is 3.37. The number of halogens is 1. The number of ether oxygens (including phenoxy) is 1. The highest BCUT2D eigenvalue weighted by atomic mass is 79.9. The maximum absolute atomic E-state index is 11.2. The smallest absolute Gasteiger partial charge is 0.377 e. The van der Waals surface area contributed by atoms with Crippen molar-refractivity contribution in [3.05, 3.63) is 46.5 Å². The standard InChI is InChI=1S/C11H10BrN3O2/c1-17-11(16)10-13-7-15(14-10)6-8-2-4-9(12)5-3-8/h2-5,7H,6H2,1H3. The first-order chi connectivity index (χ1) is 8.19. The Hall–Kier alpha value is -1.69. The van der Waals surface area contributed by atoms with Crippen molar-refractivity contribution in [2.45, 2.75) is 6.54 Å². The Kier molecular flexibility index (Phi) is 3.53. The van der Waals surface area contributed by atoms with Crippen molar-refractivity contribution in [1.82, 2.24) is 14.8 Å². The number of nitrogens with zero attached hydrogens (tertiary/aromatic N) is 3. The van der Waals surface area contributed by atoms with E-state index in [1.54, 1.807) is 4.68 Å². The highest BCUT2D eigenvalue weighted by Gasteiger charge is 2.10. The van der Waals surface area contributed by atoms with Gasteiger partial charge in [-0.25, -0.2) is 14.5 Å². The Labute approximate surface area is 107 Å². The highest BCUT2D eigenvalue weighted by Crippen LogP contribution is 2.11. The number of esters is 1. The molecule has 0 N–H and O–H groups in total. The first kappa shape index (κ1) is 11.8. The van der Waals surface area contributed by atoms with E-state index in [-0.39, 0.29) is 5.82 Å². The average Bonchev–Trinajstić information content (AvgIpc) is 2.80. The fourth-order valence-corrected chi connectivity index (χ4v) is 1.60. The molecule has 2 aromatic rings. The predicted molar refractivity (Wildman–Crippen MR) is 64.6 cm³/mol. The molecule has 0 radical (unpaired) electrons. The first-order valence-corrected chi connectivity index (χ1v) is 5.70. The summed E-state index contributed by atoms with van der Waals surface area (Å²) in [5.74, 6) is -0.454. The minimum atomic E-state index is -0.528. The molecule has 0 saturated carbocycles. The van der Waals surface area contributed by atoms with E-state index in [1.165, 1.54) is 13.4 Å². The quantitative estimate of drug-likeness (QED) is 0.811. The minimum Gasteiger partial charge on any atom is -0.463 e. The van der Waals surface area contributed by atoms with Gasteiger partial charge >= 0.3 is 5.97 Å². The molecular weight excluding hydrogens is 286 g/mol. The zero-order valence-electron chi connectivity index (χ0n) is 9.13. The topological polar surface area (TPSA) is 57.0 Å². The van der Waals surface area contributed by atoms with Crippen molar-refractivity contribution < 1.29 is 9.53 Å². The van der Waals surface area contributed by atoms with Crippen LogP contribution in [0.1, 0.15) is 16.2 Å². The molecule has 0 fully saturated rings. The molecule has 1 aromatic heterocycles. The second-order valence-corrected chi connectivity index (χ2v) is 4.30. The van der Waals surface area contributed by atoms with Gasteiger partial charge in [0.2, 0.25) is 0 Å². The van der Waals surface area contributed by atoms with E-state index < -0.39 is 5.97 Å². The van der Waals surface area contributed by atoms with Crippen molar-refractivity contribution in [2.75, 3.05) is 7.11 Å². The zero-order valence-corrected chi connectivity index (χ0v) is 10.7. The van der Waals surface area contributed by atoms with Gasteiger partial charge in [-0.05, 0) is 17.7 Å². The van der Waals surface area contributed by atoms with Crippen LogP contribution in [0.3, 0.4) is 0 Å². The molecule has 0 atom stereocenters. The number of carbonyl (C=O) groups excluding carboxylic acids is 1. The van der Waals surface area contributed by atoms with E-state index in [4.69, 9.17) is 0 Å². The van der Waals surface area contributed by atoms with Crippen molar-refractivity contribution in [3.8, 4) is 0 Å². The number of carbonyl (C=O) groups is 1. The van der Waals surface area contributed by atoms with Crippen LogP contribution in [-0.4, -0.2) is 27.8 Å². The van der Waals surface area contributed by atoms with Crippen LogP contribution < -0.4 is 0 Å². The molecule has 0 spiro atoms. The highest BCUT2D eigenvalue weighted by molar-refractivity contribution is 9.10. The van der Waals surface area contributed by atoms with Gasteiger partial charge < -0.3 is 4.74 Å². The number of benzene rings is 1. The molecule has 0 unspecified atom stereocenters. The summed E-state index contributed by atoms with van der Waals surface area (Å²) in [5.41, 5.74) is 1.08. The molecule has 0 aliphatic rings. The lowest BCUT2D eigenvalue weighted by atomic mass is 10.2. The third-order valence-electron chi connectivity index (χ3n) is 2.16.